The van der Waals surface area contributed by atoms with E-state index in [9.17, 15) is 14.7 Å². The molecule has 0 radical (unpaired) electrons. The third kappa shape index (κ3) is 46.4. The first-order valence-electron chi connectivity index (χ1n) is 29.7. The van der Waals surface area contributed by atoms with Gasteiger partial charge in [0.1, 0.15) is 0 Å². The van der Waals surface area contributed by atoms with E-state index in [2.05, 4.69) is 32.6 Å². The maximum atomic E-state index is 12.9. The molecule has 0 amide bonds. The second kappa shape index (κ2) is 53.8. The van der Waals surface area contributed by atoms with E-state index in [1.807, 2.05) is 0 Å². The SMILES string of the molecule is CCCCCCCCC(CCCCCC)C(=O)OCCCCCCCCCCCCN(CCCO)CCCCCCCCCCCCOC(=O)C(CCCCCC)CCCCCCCC. The van der Waals surface area contributed by atoms with Crippen molar-refractivity contribution in [3.05, 3.63) is 0 Å². The summed E-state index contributed by atoms with van der Waals surface area (Å²) < 4.78 is 11.6. The minimum atomic E-state index is 0.0824. The normalized spacial score (nSPS) is 12.6. The first-order valence-corrected chi connectivity index (χ1v) is 29.7. The molecule has 0 spiro atoms. The molecule has 0 heterocycles. The van der Waals surface area contributed by atoms with Crippen LogP contribution in [0.5, 0.6) is 0 Å². The maximum absolute atomic E-state index is 12.9. The number of aliphatic hydroxyl groups is 1. The van der Waals surface area contributed by atoms with Gasteiger partial charge in [-0.3, -0.25) is 9.59 Å². The second-order valence-electron chi connectivity index (χ2n) is 20.5. The molecular formula is C59H117NO5. The van der Waals surface area contributed by atoms with Crippen LogP contribution in [0.3, 0.4) is 0 Å². The van der Waals surface area contributed by atoms with Gasteiger partial charge in [-0.2, -0.15) is 0 Å². The minimum Gasteiger partial charge on any atom is -0.465 e. The van der Waals surface area contributed by atoms with Crippen molar-refractivity contribution in [2.45, 2.75) is 317 Å². The van der Waals surface area contributed by atoms with E-state index in [1.165, 1.54) is 257 Å². The lowest BCUT2D eigenvalue weighted by atomic mass is 9.94. The first kappa shape index (κ1) is 63.9. The fourth-order valence-electron chi connectivity index (χ4n) is 9.65. The van der Waals surface area contributed by atoms with Crippen LogP contribution in [0.15, 0.2) is 0 Å². The Kier molecular flexibility index (Phi) is 52.9. The van der Waals surface area contributed by atoms with Gasteiger partial charge in [-0.15, -0.1) is 0 Å². The Balaban J connectivity index is 3.90. The van der Waals surface area contributed by atoms with E-state index in [1.54, 1.807) is 0 Å². The molecule has 0 saturated heterocycles. The lowest BCUT2D eigenvalue weighted by Gasteiger charge is -2.22. The highest BCUT2D eigenvalue weighted by Crippen LogP contribution is 2.23. The van der Waals surface area contributed by atoms with Crippen LogP contribution in [0.1, 0.15) is 317 Å². The van der Waals surface area contributed by atoms with Gasteiger partial charge < -0.3 is 19.5 Å². The molecule has 0 saturated carbocycles. The van der Waals surface area contributed by atoms with Crippen molar-refractivity contribution in [3.63, 3.8) is 0 Å². The van der Waals surface area contributed by atoms with E-state index in [0.29, 0.717) is 19.8 Å². The number of unbranched alkanes of at least 4 members (excludes halogenated alkanes) is 34. The average molecular weight is 921 g/mol. The van der Waals surface area contributed by atoms with Gasteiger partial charge in [-0.05, 0) is 70.9 Å². The largest absolute Gasteiger partial charge is 0.465 e. The van der Waals surface area contributed by atoms with Gasteiger partial charge in [-0.1, -0.05) is 259 Å². The number of nitrogens with zero attached hydrogens (tertiary/aromatic N) is 1. The Labute approximate surface area is 407 Å². The molecule has 2 atom stereocenters. The zero-order chi connectivity index (χ0) is 47.4. The van der Waals surface area contributed by atoms with Gasteiger partial charge in [0.15, 0.2) is 0 Å². The summed E-state index contributed by atoms with van der Waals surface area (Å²) in [5.41, 5.74) is 0. The van der Waals surface area contributed by atoms with Gasteiger partial charge in [0, 0.05) is 13.2 Å². The number of rotatable bonds is 55. The summed E-state index contributed by atoms with van der Waals surface area (Å²) >= 11 is 0. The Bertz CT molecular complexity index is 874. The lowest BCUT2D eigenvalue weighted by Crippen LogP contribution is -2.27. The van der Waals surface area contributed by atoms with Crippen LogP contribution >= 0.6 is 0 Å². The Morgan fingerprint density at radius 3 is 0.846 bits per heavy atom. The fourth-order valence-corrected chi connectivity index (χ4v) is 9.65. The molecule has 1 N–H and O–H groups in total. The molecule has 0 bridgehead atoms. The van der Waals surface area contributed by atoms with Gasteiger partial charge in [0.05, 0.1) is 25.0 Å². The third-order valence-electron chi connectivity index (χ3n) is 14.1. The number of esters is 2. The second-order valence-corrected chi connectivity index (χ2v) is 20.5. The number of carbonyl (C=O) groups is 2. The molecule has 388 valence electrons. The van der Waals surface area contributed by atoms with Crippen LogP contribution in [0.4, 0.5) is 0 Å². The molecule has 0 aromatic carbocycles. The van der Waals surface area contributed by atoms with E-state index in [-0.39, 0.29) is 23.8 Å². The van der Waals surface area contributed by atoms with E-state index in [4.69, 9.17) is 9.47 Å². The molecular weight excluding hydrogens is 803 g/mol. The highest BCUT2D eigenvalue weighted by Gasteiger charge is 2.20. The zero-order valence-electron chi connectivity index (χ0n) is 44.7. The summed E-state index contributed by atoms with van der Waals surface area (Å²) in [6.45, 7) is 13.9. The van der Waals surface area contributed by atoms with Crippen molar-refractivity contribution in [1.82, 2.24) is 4.90 Å². The van der Waals surface area contributed by atoms with E-state index >= 15 is 0 Å². The number of hydrogen-bond acceptors (Lipinski definition) is 6. The van der Waals surface area contributed by atoms with Crippen molar-refractivity contribution in [1.29, 1.82) is 0 Å². The topological polar surface area (TPSA) is 76.1 Å². The summed E-state index contributed by atoms with van der Waals surface area (Å²) in [4.78, 5) is 28.4. The Morgan fingerprint density at radius 2 is 0.554 bits per heavy atom. The molecule has 2 unspecified atom stereocenters. The van der Waals surface area contributed by atoms with Gasteiger partial charge in [0.25, 0.3) is 0 Å². The quantitative estimate of drug-likeness (QED) is 0.0484. The standard InChI is InChI=1S/C59H117NO5/c1-5-9-13-17-31-39-48-56(46-37-15-11-7-3)58(62)64-54-43-35-29-25-21-19-23-27-33-41-50-60(52-45-53-61)51-42-34-28-24-20-22-26-30-36-44-55-65-59(63)57(47-38-16-12-8-4)49-40-32-18-14-10-6-2/h56-57,61H,5-55H2,1-4H3. The number of ether oxygens (including phenoxy) is 2. The molecule has 0 aromatic heterocycles. The molecule has 0 rings (SSSR count). The van der Waals surface area contributed by atoms with Gasteiger partial charge in [-0.25, -0.2) is 0 Å². The molecule has 6 nitrogen and oxygen atoms in total. The predicted molar refractivity (Wildman–Crippen MR) is 283 cm³/mol. The predicted octanol–water partition coefficient (Wildman–Crippen LogP) is 18.2. The number of aliphatic hydroxyl groups excluding tert-OH is 1. The van der Waals surface area contributed by atoms with Crippen molar-refractivity contribution < 1.29 is 24.2 Å². The molecule has 6 heteroatoms. The monoisotopic (exact) mass is 920 g/mol. The van der Waals surface area contributed by atoms with Crippen molar-refractivity contribution in [2.75, 3.05) is 39.5 Å². The third-order valence-corrected chi connectivity index (χ3v) is 14.1. The number of carbonyl (C=O) groups excluding carboxylic acids is 2. The van der Waals surface area contributed by atoms with E-state index in [0.717, 1.165) is 51.5 Å². The molecule has 0 fully saturated rings. The summed E-state index contributed by atoms with van der Waals surface area (Å²) in [6.07, 6.45) is 55.7. The van der Waals surface area contributed by atoms with Crippen LogP contribution < -0.4 is 0 Å². The Hall–Kier alpha value is -1.14. The van der Waals surface area contributed by atoms with E-state index < -0.39 is 0 Å². The molecule has 0 aliphatic carbocycles. The first-order chi connectivity index (χ1) is 32.0. The molecule has 65 heavy (non-hydrogen) atoms. The van der Waals surface area contributed by atoms with Crippen LogP contribution in [-0.2, 0) is 19.1 Å². The highest BCUT2D eigenvalue weighted by molar-refractivity contribution is 5.72. The van der Waals surface area contributed by atoms with Crippen LogP contribution in [-0.4, -0.2) is 61.4 Å². The summed E-state index contributed by atoms with van der Waals surface area (Å²) in [7, 11) is 0. The molecule has 0 aliphatic rings. The maximum Gasteiger partial charge on any atom is 0.308 e. The Morgan fingerprint density at radius 1 is 0.323 bits per heavy atom. The number of hydrogen-bond donors (Lipinski definition) is 1. The van der Waals surface area contributed by atoms with Crippen molar-refractivity contribution in [3.8, 4) is 0 Å². The zero-order valence-corrected chi connectivity index (χ0v) is 44.7. The molecule has 0 aromatic rings. The lowest BCUT2D eigenvalue weighted by molar-refractivity contribution is -0.150. The summed E-state index contributed by atoms with van der Waals surface area (Å²) in [6, 6.07) is 0. The molecule has 0 aliphatic heterocycles. The van der Waals surface area contributed by atoms with Gasteiger partial charge >= 0.3 is 11.9 Å². The van der Waals surface area contributed by atoms with Crippen molar-refractivity contribution >= 4 is 11.9 Å². The van der Waals surface area contributed by atoms with Crippen LogP contribution in [0.2, 0.25) is 0 Å². The van der Waals surface area contributed by atoms with Crippen molar-refractivity contribution in [2.24, 2.45) is 11.8 Å². The smallest absolute Gasteiger partial charge is 0.308 e. The summed E-state index contributed by atoms with van der Waals surface area (Å²) in [5.74, 6) is 0.405. The fraction of sp³-hybridized carbons (Fsp3) is 0.966. The average Bonchev–Trinajstić information content (AvgIpc) is 3.31. The summed E-state index contributed by atoms with van der Waals surface area (Å²) in [5, 5.41) is 9.46. The van der Waals surface area contributed by atoms with Crippen LogP contribution in [0, 0.1) is 11.8 Å². The minimum absolute atomic E-state index is 0.0824. The van der Waals surface area contributed by atoms with Crippen LogP contribution in [0.25, 0.3) is 0 Å². The van der Waals surface area contributed by atoms with Gasteiger partial charge in [0.2, 0.25) is 0 Å². The highest BCUT2D eigenvalue weighted by atomic mass is 16.5.